The molecule has 0 aromatic heterocycles. The number of carbonyl (C=O) groups is 4. The zero-order valence-electron chi connectivity index (χ0n) is 14.0. The quantitative estimate of drug-likeness (QED) is 0.700. The van der Waals surface area contributed by atoms with E-state index in [4.69, 9.17) is 4.74 Å². The molecule has 2 N–H and O–H groups in total. The predicted molar refractivity (Wildman–Crippen MR) is 89.5 cm³/mol. The summed E-state index contributed by atoms with van der Waals surface area (Å²) < 4.78 is 5.38. The minimum absolute atomic E-state index is 0.0786. The van der Waals surface area contributed by atoms with E-state index in [1.807, 2.05) is 0 Å². The highest BCUT2D eigenvalue weighted by Crippen LogP contribution is 2.32. The SMILES string of the molecule is O=C1NC(=O)C2(CCN(C(=O)CN3C(=O)COc4ccccc43)CC2)N1. The highest BCUT2D eigenvalue weighted by atomic mass is 16.5. The van der Waals surface area contributed by atoms with Gasteiger partial charge in [0.05, 0.1) is 5.69 Å². The molecule has 0 bridgehead atoms. The molecular weight excluding hydrogens is 340 g/mol. The Morgan fingerprint density at radius 3 is 2.58 bits per heavy atom. The van der Waals surface area contributed by atoms with E-state index in [-0.39, 0.29) is 30.9 Å². The van der Waals surface area contributed by atoms with Gasteiger partial charge in [0.2, 0.25) is 5.91 Å². The van der Waals surface area contributed by atoms with Gasteiger partial charge in [-0.3, -0.25) is 24.6 Å². The van der Waals surface area contributed by atoms with Crippen molar-refractivity contribution in [2.75, 3.05) is 31.1 Å². The molecule has 3 heterocycles. The number of benzene rings is 1. The van der Waals surface area contributed by atoms with E-state index in [0.717, 1.165) is 0 Å². The van der Waals surface area contributed by atoms with Crippen molar-refractivity contribution in [3.05, 3.63) is 24.3 Å². The summed E-state index contributed by atoms with van der Waals surface area (Å²) in [6, 6.07) is 6.59. The first-order chi connectivity index (χ1) is 12.5. The Morgan fingerprint density at radius 1 is 1.15 bits per heavy atom. The number of fused-ring (bicyclic) bond motifs is 1. The second-order valence-electron chi connectivity index (χ2n) is 6.61. The van der Waals surface area contributed by atoms with Crippen LogP contribution in [-0.4, -0.2) is 60.4 Å². The highest BCUT2D eigenvalue weighted by Gasteiger charge is 2.48. The van der Waals surface area contributed by atoms with Crippen LogP contribution in [0.25, 0.3) is 0 Å². The number of para-hydroxylation sites is 2. The van der Waals surface area contributed by atoms with Gasteiger partial charge in [0, 0.05) is 13.1 Å². The molecule has 2 fully saturated rings. The van der Waals surface area contributed by atoms with Crippen LogP contribution < -0.4 is 20.3 Å². The Morgan fingerprint density at radius 2 is 1.88 bits per heavy atom. The van der Waals surface area contributed by atoms with Crippen LogP contribution in [-0.2, 0) is 14.4 Å². The standard InChI is InChI=1S/C17H18N4O5/c22-13(9-21-11-3-1-2-4-12(11)26-10-14(21)23)20-7-5-17(6-8-20)15(24)18-16(25)19-17/h1-4H,5-10H2,(H2,18,19,24,25). The van der Waals surface area contributed by atoms with E-state index in [2.05, 4.69) is 10.6 Å². The monoisotopic (exact) mass is 358 g/mol. The number of carbonyl (C=O) groups excluding carboxylic acids is 4. The van der Waals surface area contributed by atoms with Gasteiger partial charge >= 0.3 is 6.03 Å². The highest BCUT2D eigenvalue weighted by molar-refractivity contribution is 6.07. The molecule has 3 aliphatic heterocycles. The van der Waals surface area contributed by atoms with E-state index in [9.17, 15) is 19.2 Å². The number of hydrogen-bond acceptors (Lipinski definition) is 5. The fourth-order valence-corrected chi connectivity index (χ4v) is 3.58. The molecule has 9 heteroatoms. The molecular formula is C17H18N4O5. The van der Waals surface area contributed by atoms with E-state index in [1.54, 1.807) is 29.2 Å². The van der Waals surface area contributed by atoms with Gasteiger partial charge in [0.25, 0.3) is 11.8 Å². The van der Waals surface area contributed by atoms with Crippen molar-refractivity contribution >= 4 is 29.4 Å². The molecule has 26 heavy (non-hydrogen) atoms. The fourth-order valence-electron chi connectivity index (χ4n) is 3.58. The first-order valence-corrected chi connectivity index (χ1v) is 8.42. The number of hydrogen-bond donors (Lipinski definition) is 2. The normalized spacial score (nSPS) is 21.2. The fraction of sp³-hybridized carbons (Fsp3) is 0.412. The minimum Gasteiger partial charge on any atom is -0.482 e. The lowest BCUT2D eigenvalue weighted by molar-refractivity contribution is -0.135. The third-order valence-electron chi connectivity index (χ3n) is 5.09. The van der Waals surface area contributed by atoms with Crippen LogP contribution in [0.2, 0.25) is 0 Å². The molecule has 136 valence electrons. The summed E-state index contributed by atoms with van der Waals surface area (Å²) in [4.78, 5) is 51.3. The van der Waals surface area contributed by atoms with E-state index in [0.29, 0.717) is 37.4 Å². The molecule has 4 rings (SSSR count). The van der Waals surface area contributed by atoms with Crippen molar-refractivity contribution in [1.82, 2.24) is 15.5 Å². The van der Waals surface area contributed by atoms with Crippen LogP contribution in [0.3, 0.4) is 0 Å². The summed E-state index contributed by atoms with van der Waals surface area (Å²) in [6.45, 7) is 0.504. The third-order valence-corrected chi connectivity index (χ3v) is 5.09. The number of nitrogens with zero attached hydrogens (tertiary/aromatic N) is 2. The number of nitrogens with one attached hydrogen (secondary N) is 2. The first kappa shape index (κ1) is 16.4. The lowest BCUT2D eigenvalue weighted by atomic mass is 9.87. The molecule has 1 aromatic rings. The number of piperidine rings is 1. The van der Waals surface area contributed by atoms with Crippen molar-refractivity contribution < 1.29 is 23.9 Å². The average molecular weight is 358 g/mol. The topological polar surface area (TPSA) is 108 Å². The molecule has 0 atom stereocenters. The van der Waals surface area contributed by atoms with E-state index in [1.165, 1.54) is 4.90 Å². The second kappa shape index (κ2) is 6.01. The number of rotatable bonds is 2. The van der Waals surface area contributed by atoms with Crippen LogP contribution in [0.4, 0.5) is 10.5 Å². The molecule has 1 spiro atoms. The Labute approximate surface area is 149 Å². The molecule has 9 nitrogen and oxygen atoms in total. The summed E-state index contributed by atoms with van der Waals surface area (Å²) in [5.74, 6) is -0.239. The Bertz CT molecular complexity index is 800. The summed E-state index contributed by atoms with van der Waals surface area (Å²) in [5.41, 5.74) is -0.345. The maximum Gasteiger partial charge on any atom is 0.322 e. The Kier molecular flexibility index (Phi) is 3.78. The minimum atomic E-state index is -0.921. The summed E-state index contributed by atoms with van der Waals surface area (Å²) in [7, 11) is 0. The molecule has 1 aromatic carbocycles. The maximum absolute atomic E-state index is 12.7. The molecule has 5 amide bonds. The van der Waals surface area contributed by atoms with Gasteiger partial charge in [-0.2, -0.15) is 0 Å². The lowest BCUT2D eigenvalue weighted by Crippen LogP contribution is -2.57. The smallest absolute Gasteiger partial charge is 0.322 e. The van der Waals surface area contributed by atoms with E-state index < -0.39 is 11.6 Å². The molecule has 3 aliphatic rings. The summed E-state index contributed by atoms with van der Waals surface area (Å²) >= 11 is 0. The second-order valence-corrected chi connectivity index (χ2v) is 6.61. The van der Waals surface area contributed by atoms with Gasteiger partial charge in [0.15, 0.2) is 6.61 Å². The number of imide groups is 1. The molecule has 0 aliphatic carbocycles. The van der Waals surface area contributed by atoms with Gasteiger partial charge in [0.1, 0.15) is 17.8 Å². The number of anilines is 1. The molecule has 0 radical (unpaired) electrons. The zero-order chi connectivity index (χ0) is 18.3. The van der Waals surface area contributed by atoms with Gasteiger partial charge < -0.3 is 15.0 Å². The van der Waals surface area contributed by atoms with Gasteiger partial charge in [-0.25, -0.2) is 4.79 Å². The van der Waals surface area contributed by atoms with Gasteiger partial charge in [-0.1, -0.05) is 12.1 Å². The number of likely N-dealkylation sites (tertiary alicyclic amines) is 1. The molecule has 0 unspecified atom stereocenters. The third kappa shape index (κ3) is 2.65. The van der Waals surface area contributed by atoms with Crippen LogP contribution in [0.5, 0.6) is 5.75 Å². The van der Waals surface area contributed by atoms with Crippen molar-refractivity contribution in [3.8, 4) is 5.75 Å². The Hall–Kier alpha value is -3.10. The number of urea groups is 1. The lowest BCUT2D eigenvalue weighted by Gasteiger charge is -2.38. The van der Waals surface area contributed by atoms with Crippen LogP contribution in [0.15, 0.2) is 24.3 Å². The van der Waals surface area contributed by atoms with E-state index >= 15 is 0 Å². The average Bonchev–Trinajstić information content (AvgIpc) is 2.91. The van der Waals surface area contributed by atoms with Gasteiger partial charge in [-0.05, 0) is 25.0 Å². The maximum atomic E-state index is 12.7. The van der Waals surface area contributed by atoms with Crippen LogP contribution in [0, 0.1) is 0 Å². The van der Waals surface area contributed by atoms with Crippen molar-refractivity contribution in [3.63, 3.8) is 0 Å². The largest absolute Gasteiger partial charge is 0.482 e. The van der Waals surface area contributed by atoms with Crippen molar-refractivity contribution in [2.24, 2.45) is 0 Å². The summed E-state index contributed by atoms with van der Waals surface area (Å²) in [5, 5.41) is 4.91. The van der Waals surface area contributed by atoms with Gasteiger partial charge in [-0.15, -0.1) is 0 Å². The summed E-state index contributed by atoms with van der Waals surface area (Å²) in [6.07, 6.45) is 0.702. The number of ether oxygens (including phenoxy) is 1. The predicted octanol–water partition coefficient (Wildman–Crippen LogP) is -0.387. The zero-order valence-corrected chi connectivity index (χ0v) is 14.0. The first-order valence-electron chi connectivity index (χ1n) is 8.42. The van der Waals surface area contributed by atoms with Crippen molar-refractivity contribution in [2.45, 2.75) is 18.4 Å². The van der Waals surface area contributed by atoms with Crippen molar-refractivity contribution in [1.29, 1.82) is 0 Å². The Balaban J connectivity index is 1.43. The molecule has 0 saturated carbocycles. The molecule has 2 saturated heterocycles. The number of amides is 5. The van der Waals surface area contributed by atoms with Crippen LogP contribution >= 0.6 is 0 Å². The van der Waals surface area contributed by atoms with Crippen LogP contribution in [0.1, 0.15) is 12.8 Å².